The Kier molecular flexibility index (Phi) is 5.22. The first kappa shape index (κ1) is 14.0. The van der Waals surface area contributed by atoms with Crippen molar-refractivity contribution in [1.82, 2.24) is 4.90 Å². The summed E-state index contributed by atoms with van der Waals surface area (Å²) >= 11 is 3.53. The second-order valence-corrected chi connectivity index (χ2v) is 6.31. The van der Waals surface area contributed by atoms with Crippen LogP contribution in [0.4, 0.5) is 0 Å². The molecule has 2 nitrogen and oxygen atoms in total. The van der Waals surface area contributed by atoms with Crippen LogP contribution in [0, 0.1) is 5.92 Å². The molecule has 1 aromatic carbocycles. The summed E-state index contributed by atoms with van der Waals surface area (Å²) in [5.74, 6) is 0.798. The summed E-state index contributed by atoms with van der Waals surface area (Å²) in [5, 5.41) is 0. The number of hydrogen-bond donors (Lipinski definition) is 1. The topological polar surface area (TPSA) is 29.3 Å². The lowest BCUT2D eigenvalue weighted by Crippen LogP contribution is -2.42. The Morgan fingerprint density at radius 1 is 1.39 bits per heavy atom. The van der Waals surface area contributed by atoms with Crippen molar-refractivity contribution in [3.05, 3.63) is 34.3 Å². The second kappa shape index (κ2) is 6.69. The molecule has 0 amide bonds. The molecule has 0 bridgehead atoms. The predicted molar refractivity (Wildman–Crippen MR) is 80.4 cm³/mol. The average molecular weight is 311 g/mol. The number of benzene rings is 1. The molecular formula is C15H23BrN2. The fourth-order valence-corrected chi connectivity index (χ4v) is 3.56. The first-order valence-corrected chi connectivity index (χ1v) is 7.64. The molecule has 0 aromatic heterocycles. The normalized spacial score (nSPS) is 18.4. The van der Waals surface area contributed by atoms with Crippen molar-refractivity contribution < 1.29 is 0 Å². The minimum Gasteiger partial charge on any atom is -0.329 e. The second-order valence-electron chi connectivity index (χ2n) is 5.39. The number of nitrogens with zero attached hydrogens (tertiary/aromatic N) is 1. The Morgan fingerprint density at radius 3 is 2.72 bits per heavy atom. The zero-order chi connectivity index (χ0) is 13.0. The summed E-state index contributed by atoms with van der Waals surface area (Å²) < 4.78 is 1.15. The van der Waals surface area contributed by atoms with Gasteiger partial charge in [0.15, 0.2) is 0 Å². The molecule has 1 unspecified atom stereocenters. The monoisotopic (exact) mass is 310 g/mol. The van der Waals surface area contributed by atoms with E-state index in [1.54, 1.807) is 0 Å². The molecule has 0 saturated heterocycles. The Hall–Kier alpha value is -0.380. The number of hydrogen-bond acceptors (Lipinski definition) is 2. The van der Waals surface area contributed by atoms with E-state index in [-0.39, 0.29) is 0 Å². The Morgan fingerprint density at radius 2 is 2.11 bits per heavy atom. The third kappa shape index (κ3) is 3.56. The molecule has 1 saturated carbocycles. The van der Waals surface area contributed by atoms with Gasteiger partial charge in [-0.15, -0.1) is 0 Å². The van der Waals surface area contributed by atoms with Crippen molar-refractivity contribution in [2.45, 2.75) is 38.3 Å². The summed E-state index contributed by atoms with van der Waals surface area (Å²) in [5.41, 5.74) is 7.34. The molecule has 2 N–H and O–H groups in total. The van der Waals surface area contributed by atoms with E-state index in [4.69, 9.17) is 5.73 Å². The smallest absolute Gasteiger partial charge is 0.0247 e. The van der Waals surface area contributed by atoms with Gasteiger partial charge < -0.3 is 5.73 Å². The highest BCUT2D eigenvalue weighted by molar-refractivity contribution is 9.10. The van der Waals surface area contributed by atoms with E-state index in [1.807, 2.05) is 0 Å². The fraction of sp³-hybridized carbons (Fsp3) is 0.600. The largest absolute Gasteiger partial charge is 0.329 e. The number of halogens is 1. The van der Waals surface area contributed by atoms with Crippen LogP contribution in [0.2, 0.25) is 0 Å². The predicted octanol–water partition coefficient (Wildman–Crippen LogP) is 3.40. The van der Waals surface area contributed by atoms with Crippen LogP contribution in [0.25, 0.3) is 0 Å². The van der Waals surface area contributed by atoms with E-state index in [0.29, 0.717) is 6.04 Å². The van der Waals surface area contributed by atoms with Gasteiger partial charge in [0, 0.05) is 23.6 Å². The van der Waals surface area contributed by atoms with Gasteiger partial charge in [0.2, 0.25) is 0 Å². The van der Waals surface area contributed by atoms with Crippen LogP contribution in [0.15, 0.2) is 28.7 Å². The lowest BCUT2D eigenvalue weighted by molar-refractivity contribution is 0.174. The lowest BCUT2D eigenvalue weighted by Gasteiger charge is -2.32. The average Bonchev–Trinajstić information content (AvgIpc) is 2.83. The van der Waals surface area contributed by atoms with Crippen molar-refractivity contribution in [1.29, 1.82) is 0 Å². The quantitative estimate of drug-likeness (QED) is 0.903. The van der Waals surface area contributed by atoms with E-state index in [0.717, 1.165) is 23.5 Å². The highest BCUT2D eigenvalue weighted by atomic mass is 79.9. The maximum atomic E-state index is 5.99. The zero-order valence-electron chi connectivity index (χ0n) is 11.1. The molecule has 0 aliphatic heterocycles. The van der Waals surface area contributed by atoms with Crippen LogP contribution in [0.5, 0.6) is 0 Å². The van der Waals surface area contributed by atoms with Crippen LogP contribution >= 0.6 is 15.9 Å². The summed E-state index contributed by atoms with van der Waals surface area (Å²) in [6, 6.07) is 9.08. The standard InChI is InChI=1S/C15H23BrN2/c1-18(11-12-5-4-8-14(16)9-12)15(10-17)13-6-2-3-7-13/h4-5,8-9,13,15H,2-3,6-7,10-11,17H2,1H3. The SMILES string of the molecule is CN(Cc1cccc(Br)c1)C(CN)C1CCCC1. The van der Waals surface area contributed by atoms with Gasteiger partial charge in [-0.05, 0) is 43.5 Å². The van der Waals surface area contributed by atoms with Crippen molar-refractivity contribution in [2.75, 3.05) is 13.6 Å². The third-order valence-corrected chi connectivity index (χ3v) is 4.57. The minimum atomic E-state index is 0.534. The van der Waals surface area contributed by atoms with Gasteiger partial charge in [-0.3, -0.25) is 4.90 Å². The van der Waals surface area contributed by atoms with Gasteiger partial charge in [0.1, 0.15) is 0 Å². The number of nitrogens with two attached hydrogens (primary N) is 1. The molecular weight excluding hydrogens is 288 g/mol. The molecule has 1 atom stereocenters. The summed E-state index contributed by atoms with van der Waals surface area (Å²) in [7, 11) is 2.21. The Balaban J connectivity index is 1.98. The lowest BCUT2D eigenvalue weighted by atomic mass is 9.96. The molecule has 100 valence electrons. The number of rotatable bonds is 5. The minimum absolute atomic E-state index is 0.534. The van der Waals surface area contributed by atoms with Gasteiger partial charge in [0.05, 0.1) is 0 Å². The molecule has 2 rings (SSSR count). The summed E-state index contributed by atoms with van der Waals surface area (Å²) in [4.78, 5) is 2.43. The molecule has 1 fully saturated rings. The Labute approximate surface area is 119 Å². The molecule has 18 heavy (non-hydrogen) atoms. The highest BCUT2D eigenvalue weighted by Crippen LogP contribution is 2.30. The first-order chi connectivity index (χ1) is 8.70. The molecule has 0 heterocycles. The van der Waals surface area contributed by atoms with Gasteiger partial charge in [-0.25, -0.2) is 0 Å². The van der Waals surface area contributed by atoms with Crippen molar-refractivity contribution >= 4 is 15.9 Å². The van der Waals surface area contributed by atoms with E-state index >= 15 is 0 Å². The van der Waals surface area contributed by atoms with E-state index in [1.165, 1.54) is 31.2 Å². The summed E-state index contributed by atoms with van der Waals surface area (Å²) in [6.45, 7) is 1.76. The van der Waals surface area contributed by atoms with Crippen LogP contribution < -0.4 is 5.73 Å². The van der Waals surface area contributed by atoms with E-state index in [9.17, 15) is 0 Å². The maximum Gasteiger partial charge on any atom is 0.0247 e. The molecule has 0 radical (unpaired) electrons. The van der Waals surface area contributed by atoms with Crippen molar-refractivity contribution in [2.24, 2.45) is 11.7 Å². The van der Waals surface area contributed by atoms with Crippen LogP contribution in [-0.2, 0) is 6.54 Å². The number of likely N-dealkylation sites (N-methyl/N-ethyl adjacent to an activating group) is 1. The van der Waals surface area contributed by atoms with Crippen molar-refractivity contribution in [3.63, 3.8) is 0 Å². The zero-order valence-corrected chi connectivity index (χ0v) is 12.7. The highest BCUT2D eigenvalue weighted by Gasteiger charge is 2.26. The van der Waals surface area contributed by atoms with Gasteiger partial charge in [-0.2, -0.15) is 0 Å². The van der Waals surface area contributed by atoms with Gasteiger partial charge in [0.25, 0.3) is 0 Å². The molecule has 1 aliphatic carbocycles. The summed E-state index contributed by atoms with van der Waals surface area (Å²) in [6.07, 6.45) is 5.47. The third-order valence-electron chi connectivity index (χ3n) is 4.07. The van der Waals surface area contributed by atoms with Crippen molar-refractivity contribution in [3.8, 4) is 0 Å². The Bertz CT molecular complexity index is 375. The molecule has 0 spiro atoms. The van der Waals surface area contributed by atoms with Crippen LogP contribution in [0.1, 0.15) is 31.2 Å². The van der Waals surface area contributed by atoms with Crippen LogP contribution in [0.3, 0.4) is 0 Å². The van der Waals surface area contributed by atoms with E-state index in [2.05, 4.69) is 52.1 Å². The first-order valence-electron chi connectivity index (χ1n) is 6.85. The van der Waals surface area contributed by atoms with Gasteiger partial charge >= 0.3 is 0 Å². The molecule has 1 aromatic rings. The fourth-order valence-electron chi connectivity index (χ4n) is 3.12. The maximum absolute atomic E-state index is 5.99. The van der Waals surface area contributed by atoms with Gasteiger partial charge in [-0.1, -0.05) is 40.9 Å². The molecule has 1 aliphatic rings. The molecule has 3 heteroatoms. The van der Waals surface area contributed by atoms with Crippen LogP contribution in [-0.4, -0.2) is 24.5 Å². The van der Waals surface area contributed by atoms with E-state index < -0.39 is 0 Å².